The lowest BCUT2D eigenvalue weighted by Gasteiger charge is -2.22. The van der Waals surface area contributed by atoms with Gasteiger partial charge in [0.25, 0.3) is 0 Å². The van der Waals surface area contributed by atoms with Gasteiger partial charge in [-0.05, 0) is 120 Å². The lowest BCUT2D eigenvalue weighted by Crippen LogP contribution is -2.33. The maximum Gasteiger partial charge on any atom is 0.319 e. The molecule has 4 amide bonds. The molecular weight excluding hydrogens is 633 g/mol. The zero-order valence-corrected chi connectivity index (χ0v) is 33.0. The standard InChI is InChI=1S/C43H74N6O2/c1-5-9-13-15-17-33-48(31-11-7-3)35-19-29-44-42(50)46-40-25-21-38(22-26-40)37-39-23-27-41(28-24-39)47-43(51)45-30-20-36-49(32-12-8-4)34-18-16-14-10-6-2/h21-28H,5-20,29-37H2,1-4H3,(H2,44,46,50)(H2,45,47,51). The van der Waals surface area contributed by atoms with Crippen LogP contribution in [-0.2, 0) is 6.42 Å². The molecule has 0 saturated heterocycles. The van der Waals surface area contributed by atoms with Crippen LogP contribution in [-0.4, -0.2) is 74.2 Å². The van der Waals surface area contributed by atoms with E-state index in [1.54, 1.807) is 0 Å². The molecule has 0 unspecified atom stereocenters. The van der Waals surface area contributed by atoms with E-state index >= 15 is 0 Å². The van der Waals surface area contributed by atoms with Crippen molar-refractivity contribution in [1.29, 1.82) is 0 Å². The molecule has 2 aromatic carbocycles. The van der Waals surface area contributed by atoms with Gasteiger partial charge in [0.15, 0.2) is 0 Å². The van der Waals surface area contributed by atoms with Crippen LogP contribution in [0.25, 0.3) is 0 Å². The number of hydrogen-bond acceptors (Lipinski definition) is 4. The van der Waals surface area contributed by atoms with Gasteiger partial charge in [-0.15, -0.1) is 0 Å². The third-order valence-electron chi connectivity index (χ3n) is 9.52. The fraction of sp³-hybridized carbons (Fsp3) is 0.674. The lowest BCUT2D eigenvalue weighted by atomic mass is 10.0. The van der Waals surface area contributed by atoms with Crippen LogP contribution in [0.2, 0.25) is 0 Å². The van der Waals surface area contributed by atoms with Crippen LogP contribution in [0.5, 0.6) is 0 Å². The van der Waals surface area contributed by atoms with Crippen molar-refractivity contribution in [1.82, 2.24) is 20.4 Å². The molecule has 0 saturated carbocycles. The molecule has 0 aliphatic rings. The predicted octanol–water partition coefficient (Wildman–Crippen LogP) is 10.4. The van der Waals surface area contributed by atoms with Crippen LogP contribution < -0.4 is 21.3 Å². The summed E-state index contributed by atoms with van der Waals surface area (Å²) in [6.45, 7) is 17.1. The van der Waals surface area contributed by atoms with Gasteiger partial charge >= 0.3 is 12.1 Å². The Bertz CT molecular complexity index is 1050. The number of carbonyl (C=O) groups excluding carboxylic acids is 2. The molecule has 51 heavy (non-hydrogen) atoms. The zero-order chi connectivity index (χ0) is 36.8. The van der Waals surface area contributed by atoms with Crippen LogP contribution in [0.3, 0.4) is 0 Å². The van der Waals surface area contributed by atoms with Crippen molar-refractivity contribution >= 4 is 23.4 Å². The fourth-order valence-electron chi connectivity index (χ4n) is 6.32. The number of amides is 4. The molecule has 0 atom stereocenters. The van der Waals surface area contributed by atoms with Gasteiger partial charge in [0, 0.05) is 24.5 Å². The third kappa shape index (κ3) is 22.4. The van der Waals surface area contributed by atoms with E-state index in [0.29, 0.717) is 13.1 Å². The lowest BCUT2D eigenvalue weighted by molar-refractivity contribution is 0.245. The van der Waals surface area contributed by atoms with E-state index < -0.39 is 0 Å². The Labute approximate surface area is 312 Å². The number of rotatable bonds is 30. The average Bonchev–Trinajstić information content (AvgIpc) is 3.13. The van der Waals surface area contributed by atoms with Gasteiger partial charge in [0.05, 0.1) is 0 Å². The van der Waals surface area contributed by atoms with Gasteiger partial charge in [-0.3, -0.25) is 0 Å². The van der Waals surface area contributed by atoms with Crippen LogP contribution in [0.4, 0.5) is 21.0 Å². The Morgan fingerprint density at radius 3 is 1.14 bits per heavy atom. The molecule has 288 valence electrons. The summed E-state index contributed by atoms with van der Waals surface area (Å²) in [5.74, 6) is 0. The molecule has 2 rings (SSSR count). The molecule has 4 N–H and O–H groups in total. The number of unbranched alkanes of at least 4 members (excludes halogenated alkanes) is 10. The summed E-state index contributed by atoms with van der Waals surface area (Å²) in [6.07, 6.45) is 20.7. The molecule has 0 heterocycles. The molecule has 0 aliphatic carbocycles. The Morgan fingerprint density at radius 1 is 0.431 bits per heavy atom. The molecule has 0 aromatic heterocycles. The molecule has 2 aromatic rings. The Hall–Kier alpha value is -3.10. The van der Waals surface area contributed by atoms with Crippen molar-refractivity contribution < 1.29 is 9.59 Å². The summed E-state index contributed by atoms with van der Waals surface area (Å²) in [5, 5.41) is 12.0. The van der Waals surface area contributed by atoms with Crippen LogP contribution in [0.1, 0.15) is 142 Å². The number of nitrogens with zero attached hydrogens (tertiary/aromatic N) is 2. The van der Waals surface area contributed by atoms with E-state index in [0.717, 1.165) is 67.9 Å². The minimum absolute atomic E-state index is 0.156. The van der Waals surface area contributed by atoms with Crippen molar-refractivity contribution in [3.63, 3.8) is 0 Å². The van der Waals surface area contributed by atoms with E-state index in [9.17, 15) is 9.59 Å². The van der Waals surface area contributed by atoms with Crippen molar-refractivity contribution in [3.8, 4) is 0 Å². The van der Waals surface area contributed by atoms with E-state index in [1.165, 1.54) is 103 Å². The Morgan fingerprint density at radius 2 is 0.765 bits per heavy atom. The summed E-state index contributed by atoms with van der Waals surface area (Å²) in [7, 11) is 0. The van der Waals surface area contributed by atoms with Crippen molar-refractivity contribution in [3.05, 3.63) is 59.7 Å². The smallest absolute Gasteiger partial charge is 0.319 e. The highest BCUT2D eigenvalue weighted by Crippen LogP contribution is 2.16. The van der Waals surface area contributed by atoms with Gasteiger partial charge in [0.2, 0.25) is 0 Å². The summed E-state index contributed by atoms with van der Waals surface area (Å²) in [4.78, 5) is 30.2. The molecule has 0 radical (unpaired) electrons. The van der Waals surface area contributed by atoms with Gasteiger partial charge < -0.3 is 31.1 Å². The molecule has 8 heteroatoms. The van der Waals surface area contributed by atoms with E-state index in [1.807, 2.05) is 24.3 Å². The highest BCUT2D eigenvalue weighted by atomic mass is 16.2. The SMILES string of the molecule is CCCCCCCN(CCCC)CCCNC(=O)Nc1ccc(Cc2ccc(NC(=O)NCCCN(CCCC)CCCCCCC)cc2)cc1. The first-order valence-electron chi connectivity index (χ1n) is 20.7. The predicted molar refractivity (Wildman–Crippen MR) is 219 cm³/mol. The highest BCUT2D eigenvalue weighted by Gasteiger charge is 2.08. The molecule has 8 nitrogen and oxygen atoms in total. The summed E-state index contributed by atoms with van der Waals surface area (Å²) >= 11 is 0. The maximum absolute atomic E-state index is 12.5. The Kier molecular flexibility index (Phi) is 25.5. The van der Waals surface area contributed by atoms with Crippen LogP contribution in [0.15, 0.2) is 48.5 Å². The number of hydrogen-bond donors (Lipinski definition) is 4. The molecule has 0 bridgehead atoms. The largest absolute Gasteiger partial charge is 0.338 e. The first-order chi connectivity index (χ1) is 25.0. The second-order valence-electron chi connectivity index (χ2n) is 14.3. The van der Waals surface area contributed by atoms with Gasteiger partial charge in [-0.1, -0.05) is 116 Å². The summed E-state index contributed by atoms with van der Waals surface area (Å²) in [5.41, 5.74) is 3.90. The monoisotopic (exact) mass is 707 g/mol. The maximum atomic E-state index is 12.5. The fourth-order valence-corrected chi connectivity index (χ4v) is 6.32. The number of benzene rings is 2. The average molecular weight is 707 g/mol. The normalized spacial score (nSPS) is 11.3. The molecule has 0 spiro atoms. The topological polar surface area (TPSA) is 88.7 Å². The van der Waals surface area contributed by atoms with E-state index in [2.05, 4.69) is 83.0 Å². The first-order valence-corrected chi connectivity index (χ1v) is 20.7. The molecule has 0 fully saturated rings. The second-order valence-corrected chi connectivity index (χ2v) is 14.3. The second kappa shape index (κ2) is 29.5. The van der Waals surface area contributed by atoms with Gasteiger partial charge in [0.1, 0.15) is 0 Å². The Balaban J connectivity index is 1.65. The number of carbonyl (C=O) groups is 2. The molecule has 0 aliphatic heterocycles. The summed E-state index contributed by atoms with van der Waals surface area (Å²) in [6, 6.07) is 15.7. The van der Waals surface area contributed by atoms with E-state index in [-0.39, 0.29) is 12.1 Å². The highest BCUT2D eigenvalue weighted by molar-refractivity contribution is 5.89. The van der Waals surface area contributed by atoms with Crippen LogP contribution in [0, 0.1) is 0 Å². The van der Waals surface area contributed by atoms with Crippen molar-refractivity contribution in [2.75, 3.05) is 63.0 Å². The van der Waals surface area contributed by atoms with Gasteiger partial charge in [-0.25, -0.2) is 9.59 Å². The minimum Gasteiger partial charge on any atom is -0.338 e. The van der Waals surface area contributed by atoms with E-state index in [4.69, 9.17) is 0 Å². The van der Waals surface area contributed by atoms with Crippen LogP contribution >= 0.6 is 0 Å². The third-order valence-corrected chi connectivity index (χ3v) is 9.52. The molecular formula is C43H74N6O2. The zero-order valence-electron chi connectivity index (χ0n) is 33.0. The van der Waals surface area contributed by atoms with Crippen molar-refractivity contribution in [2.24, 2.45) is 0 Å². The quantitative estimate of drug-likeness (QED) is 0.0609. The number of urea groups is 2. The first kappa shape index (κ1) is 44.1. The number of nitrogens with one attached hydrogen (secondary N) is 4. The number of anilines is 2. The van der Waals surface area contributed by atoms with Crippen molar-refractivity contribution in [2.45, 2.75) is 137 Å². The van der Waals surface area contributed by atoms with Gasteiger partial charge in [-0.2, -0.15) is 0 Å². The summed E-state index contributed by atoms with van der Waals surface area (Å²) < 4.78 is 0. The minimum atomic E-state index is -0.156.